The summed E-state index contributed by atoms with van der Waals surface area (Å²) in [5.41, 5.74) is -0.961. The highest BCUT2D eigenvalue weighted by Crippen LogP contribution is 2.23. The van der Waals surface area contributed by atoms with Gasteiger partial charge in [-0.05, 0) is 51.3 Å². The maximum atomic E-state index is 11.6. The van der Waals surface area contributed by atoms with Gasteiger partial charge in [-0.15, -0.1) is 11.8 Å². The molecule has 0 aromatic heterocycles. The minimum atomic E-state index is -0.961. The van der Waals surface area contributed by atoms with Crippen LogP contribution in [0.5, 0.6) is 5.75 Å². The van der Waals surface area contributed by atoms with Gasteiger partial charge in [0.05, 0.1) is 6.61 Å². The maximum absolute atomic E-state index is 11.6. The second-order valence-electron chi connectivity index (χ2n) is 4.01. The SMILES string of the molecule is CCOC(=O)C(C)(C)Oc1ccc(SC)cc1. The zero-order valence-corrected chi connectivity index (χ0v) is 11.5. The number of rotatable bonds is 5. The first-order valence-corrected chi connectivity index (χ1v) is 6.72. The molecule has 0 bridgehead atoms. The fourth-order valence-corrected chi connectivity index (χ4v) is 1.69. The van der Waals surface area contributed by atoms with Crippen LogP contribution in [-0.2, 0) is 9.53 Å². The zero-order valence-electron chi connectivity index (χ0n) is 10.6. The first kappa shape index (κ1) is 13.9. The molecule has 0 aliphatic heterocycles. The molecular weight excluding hydrogens is 236 g/mol. The largest absolute Gasteiger partial charge is 0.476 e. The molecule has 0 unspecified atom stereocenters. The first-order chi connectivity index (χ1) is 7.99. The summed E-state index contributed by atoms with van der Waals surface area (Å²) in [6, 6.07) is 7.63. The number of thioether (sulfide) groups is 1. The van der Waals surface area contributed by atoms with Gasteiger partial charge in [0.15, 0.2) is 5.60 Å². The van der Waals surface area contributed by atoms with Crippen molar-refractivity contribution in [3.8, 4) is 5.75 Å². The number of hydrogen-bond acceptors (Lipinski definition) is 4. The molecule has 17 heavy (non-hydrogen) atoms. The van der Waals surface area contributed by atoms with Crippen LogP contribution in [0.25, 0.3) is 0 Å². The van der Waals surface area contributed by atoms with Gasteiger partial charge in [-0.25, -0.2) is 4.79 Å². The second-order valence-corrected chi connectivity index (χ2v) is 4.89. The summed E-state index contributed by atoms with van der Waals surface area (Å²) in [7, 11) is 0. The van der Waals surface area contributed by atoms with Crippen LogP contribution in [0.15, 0.2) is 29.2 Å². The zero-order chi connectivity index (χ0) is 12.9. The van der Waals surface area contributed by atoms with Crippen LogP contribution >= 0.6 is 11.8 Å². The molecule has 0 spiro atoms. The molecule has 0 radical (unpaired) electrons. The lowest BCUT2D eigenvalue weighted by Crippen LogP contribution is -2.39. The van der Waals surface area contributed by atoms with Crippen molar-refractivity contribution in [1.29, 1.82) is 0 Å². The highest BCUT2D eigenvalue weighted by molar-refractivity contribution is 7.98. The van der Waals surface area contributed by atoms with Gasteiger partial charge in [0.25, 0.3) is 0 Å². The third kappa shape index (κ3) is 3.97. The first-order valence-electron chi connectivity index (χ1n) is 5.50. The van der Waals surface area contributed by atoms with E-state index in [9.17, 15) is 4.79 Å². The molecule has 3 nitrogen and oxygen atoms in total. The van der Waals surface area contributed by atoms with E-state index >= 15 is 0 Å². The molecule has 0 N–H and O–H groups in total. The molecule has 0 saturated heterocycles. The lowest BCUT2D eigenvalue weighted by molar-refractivity contribution is -0.158. The summed E-state index contributed by atoms with van der Waals surface area (Å²) >= 11 is 1.66. The van der Waals surface area contributed by atoms with Crippen LogP contribution in [-0.4, -0.2) is 24.4 Å². The Hall–Kier alpha value is -1.16. The molecular formula is C13H18O3S. The van der Waals surface area contributed by atoms with Gasteiger partial charge in [0, 0.05) is 4.90 Å². The topological polar surface area (TPSA) is 35.5 Å². The normalized spacial score (nSPS) is 11.1. The van der Waals surface area contributed by atoms with Crippen molar-refractivity contribution in [1.82, 2.24) is 0 Å². The fourth-order valence-electron chi connectivity index (χ4n) is 1.28. The number of esters is 1. The van der Waals surface area contributed by atoms with Crippen molar-refractivity contribution in [2.45, 2.75) is 31.3 Å². The van der Waals surface area contributed by atoms with E-state index in [-0.39, 0.29) is 5.97 Å². The average molecular weight is 254 g/mol. The van der Waals surface area contributed by atoms with Crippen LogP contribution in [0.3, 0.4) is 0 Å². The van der Waals surface area contributed by atoms with Gasteiger partial charge in [-0.1, -0.05) is 0 Å². The molecule has 1 aromatic rings. The maximum Gasteiger partial charge on any atom is 0.349 e. The quantitative estimate of drug-likeness (QED) is 0.597. The van der Waals surface area contributed by atoms with Crippen molar-refractivity contribution in [3.63, 3.8) is 0 Å². The Morgan fingerprint density at radius 2 is 1.88 bits per heavy atom. The van der Waals surface area contributed by atoms with Crippen LogP contribution in [0.4, 0.5) is 0 Å². The number of carbonyl (C=O) groups excluding carboxylic acids is 1. The van der Waals surface area contributed by atoms with Crippen LogP contribution in [0, 0.1) is 0 Å². The Labute approximate surface area is 106 Å². The van der Waals surface area contributed by atoms with Crippen molar-refractivity contribution < 1.29 is 14.3 Å². The molecule has 1 aromatic carbocycles. The smallest absolute Gasteiger partial charge is 0.349 e. The van der Waals surface area contributed by atoms with Crippen LogP contribution < -0.4 is 4.74 Å². The Morgan fingerprint density at radius 1 is 1.29 bits per heavy atom. The summed E-state index contributed by atoms with van der Waals surface area (Å²) in [4.78, 5) is 12.8. The second kappa shape index (κ2) is 5.96. The molecule has 0 heterocycles. The minimum absolute atomic E-state index is 0.353. The lowest BCUT2D eigenvalue weighted by Gasteiger charge is -2.24. The van der Waals surface area contributed by atoms with Crippen molar-refractivity contribution in [3.05, 3.63) is 24.3 Å². The van der Waals surface area contributed by atoms with E-state index in [2.05, 4.69) is 0 Å². The molecule has 4 heteroatoms. The van der Waals surface area contributed by atoms with Crippen molar-refractivity contribution in [2.24, 2.45) is 0 Å². The summed E-state index contributed by atoms with van der Waals surface area (Å²) in [5.74, 6) is 0.315. The van der Waals surface area contributed by atoms with Crippen LogP contribution in [0.2, 0.25) is 0 Å². The number of ether oxygens (including phenoxy) is 2. The molecule has 94 valence electrons. The van der Waals surface area contributed by atoms with E-state index in [1.807, 2.05) is 30.5 Å². The Kier molecular flexibility index (Phi) is 4.87. The highest BCUT2D eigenvalue weighted by Gasteiger charge is 2.31. The van der Waals surface area contributed by atoms with E-state index in [1.165, 1.54) is 0 Å². The van der Waals surface area contributed by atoms with Gasteiger partial charge < -0.3 is 9.47 Å². The predicted octanol–water partition coefficient (Wildman–Crippen LogP) is 3.13. The lowest BCUT2D eigenvalue weighted by atomic mass is 10.1. The molecule has 0 amide bonds. The van der Waals surface area contributed by atoms with Crippen molar-refractivity contribution >= 4 is 17.7 Å². The Bertz CT molecular complexity index is 371. The molecule has 0 aliphatic carbocycles. The number of carbonyl (C=O) groups is 1. The van der Waals surface area contributed by atoms with E-state index < -0.39 is 5.60 Å². The summed E-state index contributed by atoms with van der Waals surface area (Å²) in [5, 5.41) is 0. The third-order valence-corrected chi connectivity index (χ3v) is 2.94. The molecule has 1 rings (SSSR count). The molecule has 0 aliphatic rings. The predicted molar refractivity (Wildman–Crippen MR) is 69.6 cm³/mol. The van der Waals surface area contributed by atoms with E-state index in [0.29, 0.717) is 12.4 Å². The number of benzene rings is 1. The van der Waals surface area contributed by atoms with Gasteiger partial charge >= 0.3 is 5.97 Å². The average Bonchev–Trinajstić information content (AvgIpc) is 2.30. The monoisotopic (exact) mass is 254 g/mol. The summed E-state index contributed by atoms with van der Waals surface area (Å²) in [6.45, 7) is 5.54. The van der Waals surface area contributed by atoms with E-state index in [1.54, 1.807) is 32.5 Å². The third-order valence-electron chi connectivity index (χ3n) is 2.20. The van der Waals surface area contributed by atoms with Gasteiger partial charge in [-0.2, -0.15) is 0 Å². The minimum Gasteiger partial charge on any atom is -0.476 e. The molecule has 0 fully saturated rings. The van der Waals surface area contributed by atoms with Gasteiger partial charge in [-0.3, -0.25) is 0 Å². The van der Waals surface area contributed by atoms with Gasteiger partial charge in [0.2, 0.25) is 0 Å². The Balaban J connectivity index is 2.71. The standard InChI is InChI=1S/C13H18O3S/c1-5-15-12(14)13(2,3)16-10-6-8-11(17-4)9-7-10/h6-9H,5H2,1-4H3. The fraction of sp³-hybridized carbons (Fsp3) is 0.462. The van der Waals surface area contributed by atoms with E-state index in [0.717, 1.165) is 4.90 Å². The Morgan fingerprint density at radius 3 is 2.35 bits per heavy atom. The molecule has 0 atom stereocenters. The highest BCUT2D eigenvalue weighted by atomic mass is 32.2. The van der Waals surface area contributed by atoms with Gasteiger partial charge in [0.1, 0.15) is 5.75 Å². The summed E-state index contributed by atoms with van der Waals surface area (Å²) < 4.78 is 10.6. The molecule has 0 saturated carbocycles. The van der Waals surface area contributed by atoms with E-state index in [4.69, 9.17) is 9.47 Å². The van der Waals surface area contributed by atoms with Crippen LogP contribution in [0.1, 0.15) is 20.8 Å². The summed E-state index contributed by atoms with van der Waals surface area (Å²) in [6.07, 6.45) is 2.01. The number of hydrogen-bond donors (Lipinski definition) is 0. The van der Waals surface area contributed by atoms with Crippen molar-refractivity contribution in [2.75, 3.05) is 12.9 Å².